The molecule has 1 atom stereocenters. The number of hydrogen-bond donors (Lipinski definition) is 4. The van der Waals surface area contributed by atoms with E-state index in [9.17, 15) is 4.79 Å². The van der Waals surface area contributed by atoms with Crippen molar-refractivity contribution in [2.45, 2.75) is 67.3 Å². The number of aromatic nitrogens is 3. The molecule has 1 unspecified atom stereocenters. The third-order valence-corrected chi connectivity index (χ3v) is 5.06. The Kier molecular flexibility index (Phi) is 14.7. The van der Waals surface area contributed by atoms with E-state index in [-0.39, 0.29) is 11.9 Å². The SMILES string of the molecule is CC.CC.CCCC(CNC(=O)c1cccc(-c2cc3nccn3c(/N=C(\C)NNCC)n2)c1)NC. The molecule has 0 aliphatic heterocycles. The first-order chi connectivity index (χ1) is 17.5. The lowest BCUT2D eigenvalue weighted by atomic mass is 10.1. The molecule has 0 aliphatic carbocycles. The van der Waals surface area contributed by atoms with Gasteiger partial charge in [0.25, 0.3) is 5.91 Å². The first-order valence-electron chi connectivity index (χ1n) is 13.0. The van der Waals surface area contributed by atoms with Crippen LogP contribution in [0, 0.1) is 0 Å². The van der Waals surface area contributed by atoms with Gasteiger partial charge in [-0.1, -0.05) is 60.1 Å². The molecule has 1 amide bonds. The zero-order valence-corrected chi connectivity index (χ0v) is 23.1. The van der Waals surface area contributed by atoms with E-state index in [1.807, 2.05) is 89.5 Å². The maximum atomic E-state index is 12.7. The normalized spacial score (nSPS) is 11.6. The molecule has 0 spiro atoms. The third-order valence-electron chi connectivity index (χ3n) is 5.06. The molecule has 9 nitrogen and oxygen atoms in total. The Hall–Kier alpha value is -3.30. The Morgan fingerprint density at radius 2 is 1.89 bits per heavy atom. The van der Waals surface area contributed by atoms with Crippen molar-refractivity contribution in [1.82, 2.24) is 35.9 Å². The second kappa shape index (κ2) is 17.2. The number of carbonyl (C=O) groups excluding carboxylic acids is 1. The summed E-state index contributed by atoms with van der Waals surface area (Å²) >= 11 is 0. The minimum absolute atomic E-state index is 0.103. The van der Waals surface area contributed by atoms with E-state index < -0.39 is 0 Å². The molecular formula is C27H44N8O. The number of hydrazine groups is 1. The Morgan fingerprint density at radius 1 is 1.14 bits per heavy atom. The number of imidazole rings is 1. The quantitative estimate of drug-likeness (QED) is 0.184. The van der Waals surface area contributed by atoms with Gasteiger partial charge in [0.1, 0.15) is 11.5 Å². The molecule has 2 aromatic heterocycles. The van der Waals surface area contributed by atoms with E-state index in [4.69, 9.17) is 4.98 Å². The van der Waals surface area contributed by atoms with E-state index in [2.05, 4.69) is 38.4 Å². The van der Waals surface area contributed by atoms with Gasteiger partial charge in [-0.25, -0.2) is 15.4 Å². The molecule has 0 aliphatic rings. The molecule has 0 bridgehead atoms. The summed E-state index contributed by atoms with van der Waals surface area (Å²) in [6, 6.07) is 9.61. The number of nitrogens with one attached hydrogen (secondary N) is 4. The molecule has 4 N–H and O–H groups in total. The number of rotatable bonds is 10. The Morgan fingerprint density at radius 3 is 2.56 bits per heavy atom. The Bertz CT molecular complexity index is 1080. The summed E-state index contributed by atoms with van der Waals surface area (Å²) in [5.41, 5.74) is 8.91. The van der Waals surface area contributed by atoms with Crippen LogP contribution in [0.25, 0.3) is 16.9 Å². The fourth-order valence-corrected chi connectivity index (χ4v) is 3.36. The third kappa shape index (κ3) is 9.05. The van der Waals surface area contributed by atoms with Gasteiger partial charge in [0.2, 0.25) is 5.95 Å². The van der Waals surface area contributed by atoms with Crippen LogP contribution in [0.4, 0.5) is 5.95 Å². The van der Waals surface area contributed by atoms with Crippen molar-refractivity contribution in [2.75, 3.05) is 20.1 Å². The summed E-state index contributed by atoms with van der Waals surface area (Å²) in [4.78, 5) is 26.4. The fourth-order valence-electron chi connectivity index (χ4n) is 3.36. The molecule has 1 aromatic carbocycles. The molecular weight excluding hydrogens is 452 g/mol. The largest absolute Gasteiger partial charge is 0.350 e. The number of fused-ring (bicyclic) bond motifs is 1. The van der Waals surface area contributed by atoms with Crippen molar-refractivity contribution in [2.24, 2.45) is 4.99 Å². The highest BCUT2D eigenvalue weighted by Crippen LogP contribution is 2.23. The van der Waals surface area contributed by atoms with E-state index >= 15 is 0 Å². The molecule has 0 saturated carbocycles. The van der Waals surface area contributed by atoms with Gasteiger partial charge in [0.15, 0.2) is 0 Å². The van der Waals surface area contributed by atoms with Crippen LogP contribution < -0.4 is 21.5 Å². The molecule has 198 valence electrons. The number of benzene rings is 1. The molecule has 0 radical (unpaired) electrons. The van der Waals surface area contributed by atoms with Crippen LogP contribution in [0.15, 0.2) is 47.7 Å². The average molecular weight is 497 g/mol. The van der Waals surface area contributed by atoms with Gasteiger partial charge in [-0.15, -0.1) is 0 Å². The first-order valence-corrected chi connectivity index (χ1v) is 13.0. The van der Waals surface area contributed by atoms with Crippen molar-refractivity contribution in [1.29, 1.82) is 0 Å². The number of amides is 1. The predicted octanol–water partition coefficient (Wildman–Crippen LogP) is 4.73. The van der Waals surface area contributed by atoms with Gasteiger partial charge in [0, 0.05) is 48.7 Å². The van der Waals surface area contributed by atoms with Crippen LogP contribution in [0.1, 0.15) is 71.7 Å². The van der Waals surface area contributed by atoms with E-state index in [0.29, 0.717) is 29.6 Å². The van der Waals surface area contributed by atoms with Crippen LogP contribution in [-0.4, -0.2) is 52.3 Å². The number of aliphatic imine (C=N–C) groups is 1. The Balaban J connectivity index is 0.00000154. The standard InChI is InChI=1S/C23H32N8O.2C2H6/c1-5-8-19(24-4)15-26-22(32)18-10-7-9-17(13-18)20-14-21-25-11-12-31(21)23(29-20)28-16(3)30-27-6-2;2*1-2/h7,9-14,19,24,27H,5-6,8,15H2,1-4H3,(H,26,32)(H,28,29,30);2*1-2H3. The summed E-state index contributed by atoms with van der Waals surface area (Å²) < 4.78 is 1.82. The van der Waals surface area contributed by atoms with Crippen molar-refractivity contribution in [3.8, 4) is 11.3 Å². The summed E-state index contributed by atoms with van der Waals surface area (Å²) in [5, 5.41) is 6.26. The van der Waals surface area contributed by atoms with Gasteiger partial charge in [0.05, 0.1) is 5.69 Å². The molecule has 9 heteroatoms. The fraction of sp³-hybridized carbons (Fsp3) is 0.481. The number of amidine groups is 1. The highest BCUT2D eigenvalue weighted by atomic mass is 16.1. The summed E-state index contributed by atoms with van der Waals surface area (Å²) in [6.07, 6.45) is 5.61. The molecule has 0 fully saturated rings. The zero-order chi connectivity index (χ0) is 26.9. The van der Waals surface area contributed by atoms with E-state index in [0.717, 1.165) is 30.6 Å². The van der Waals surface area contributed by atoms with E-state index in [1.54, 1.807) is 6.20 Å². The van der Waals surface area contributed by atoms with Crippen LogP contribution in [0.2, 0.25) is 0 Å². The monoisotopic (exact) mass is 496 g/mol. The number of carbonyl (C=O) groups is 1. The van der Waals surface area contributed by atoms with Crippen LogP contribution in [0.3, 0.4) is 0 Å². The van der Waals surface area contributed by atoms with Crippen molar-refractivity contribution in [3.63, 3.8) is 0 Å². The Labute approximate surface area is 216 Å². The summed E-state index contributed by atoms with van der Waals surface area (Å²) in [7, 11) is 1.92. The number of likely N-dealkylation sites (N-methyl/N-ethyl adjacent to an activating group) is 1. The lowest BCUT2D eigenvalue weighted by molar-refractivity contribution is 0.0949. The minimum atomic E-state index is -0.103. The highest BCUT2D eigenvalue weighted by Gasteiger charge is 2.13. The average Bonchev–Trinajstić information content (AvgIpc) is 3.41. The zero-order valence-electron chi connectivity index (χ0n) is 23.1. The predicted molar refractivity (Wildman–Crippen MR) is 151 cm³/mol. The van der Waals surface area contributed by atoms with Gasteiger partial charge < -0.3 is 16.1 Å². The highest BCUT2D eigenvalue weighted by molar-refractivity contribution is 5.95. The van der Waals surface area contributed by atoms with Crippen LogP contribution in [-0.2, 0) is 0 Å². The summed E-state index contributed by atoms with van der Waals surface area (Å²) in [5.74, 6) is 1.09. The maximum absolute atomic E-state index is 12.7. The molecule has 0 saturated heterocycles. The van der Waals surface area contributed by atoms with Gasteiger partial charge in [-0.3, -0.25) is 9.20 Å². The number of hydrogen-bond acceptors (Lipinski definition) is 6. The van der Waals surface area contributed by atoms with Crippen molar-refractivity contribution in [3.05, 3.63) is 48.3 Å². The summed E-state index contributed by atoms with van der Waals surface area (Å²) in [6.45, 7) is 15.3. The molecule has 36 heavy (non-hydrogen) atoms. The molecule has 2 heterocycles. The number of nitrogens with zero attached hydrogens (tertiary/aromatic N) is 4. The van der Waals surface area contributed by atoms with Gasteiger partial charge >= 0.3 is 0 Å². The minimum Gasteiger partial charge on any atom is -0.350 e. The van der Waals surface area contributed by atoms with Gasteiger partial charge in [-0.05, 0) is 32.5 Å². The lowest BCUT2D eigenvalue weighted by Crippen LogP contribution is -2.39. The first kappa shape index (κ1) is 30.7. The van der Waals surface area contributed by atoms with Crippen LogP contribution >= 0.6 is 0 Å². The second-order valence-corrected chi connectivity index (χ2v) is 7.51. The lowest BCUT2D eigenvalue weighted by Gasteiger charge is -2.16. The van der Waals surface area contributed by atoms with E-state index in [1.165, 1.54) is 0 Å². The molecule has 3 rings (SSSR count). The topological polar surface area (TPSA) is 108 Å². The maximum Gasteiger partial charge on any atom is 0.251 e. The van der Waals surface area contributed by atoms with Crippen molar-refractivity contribution < 1.29 is 4.79 Å². The molecule has 3 aromatic rings. The smallest absolute Gasteiger partial charge is 0.251 e. The van der Waals surface area contributed by atoms with Gasteiger partial charge in [-0.2, -0.15) is 4.99 Å². The van der Waals surface area contributed by atoms with Crippen molar-refractivity contribution >= 4 is 23.3 Å². The van der Waals surface area contributed by atoms with Crippen LogP contribution in [0.5, 0.6) is 0 Å². The second-order valence-electron chi connectivity index (χ2n) is 7.51.